The molecule has 0 bridgehead atoms. The Bertz CT molecular complexity index is 501. The Balaban J connectivity index is 2.09. The van der Waals surface area contributed by atoms with Crippen LogP contribution in [0.4, 0.5) is 5.82 Å². The van der Waals surface area contributed by atoms with Gasteiger partial charge in [0.1, 0.15) is 5.82 Å². The zero-order valence-corrected chi connectivity index (χ0v) is 13.5. The van der Waals surface area contributed by atoms with Crippen LogP contribution in [-0.4, -0.2) is 52.9 Å². The Kier molecular flexibility index (Phi) is 4.83. The molecule has 2 heterocycles. The molecule has 0 aromatic carbocycles. The van der Waals surface area contributed by atoms with Crippen molar-refractivity contribution >= 4 is 11.7 Å². The largest absolute Gasteiger partial charge is 0.370 e. The van der Waals surface area contributed by atoms with E-state index in [0.29, 0.717) is 0 Å². The zero-order valence-electron chi connectivity index (χ0n) is 13.5. The van der Waals surface area contributed by atoms with Crippen molar-refractivity contribution in [2.45, 2.75) is 39.3 Å². The molecule has 0 atom stereocenters. The molecule has 0 saturated carbocycles. The van der Waals surface area contributed by atoms with Crippen molar-refractivity contribution in [3.63, 3.8) is 0 Å². The second kappa shape index (κ2) is 6.43. The van der Waals surface area contributed by atoms with Gasteiger partial charge in [0.2, 0.25) is 5.91 Å². The van der Waals surface area contributed by atoms with Crippen molar-refractivity contribution in [1.82, 2.24) is 14.8 Å². The van der Waals surface area contributed by atoms with Crippen LogP contribution in [0, 0.1) is 0 Å². The molecule has 1 N–H and O–H groups in total. The van der Waals surface area contributed by atoms with Crippen LogP contribution in [0.1, 0.15) is 32.8 Å². The van der Waals surface area contributed by atoms with Crippen LogP contribution in [0.3, 0.4) is 0 Å². The van der Waals surface area contributed by atoms with Crippen LogP contribution in [0.25, 0.3) is 0 Å². The molecule has 116 valence electrons. The first-order valence-electron chi connectivity index (χ1n) is 7.64. The van der Waals surface area contributed by atoms with Gasteiger partial charge in [-0.3, -0.25) is 9.69 Å². The molecule has 1 fully saturated rings. The van der Waals surface area contributed by atoms with Gasteiger partial charge in [0.05, 0.1) is 5.54 Å². The first-order chi connectivity index (χ1) is 9.95. The van der Waals surface area contributed by atoms with Gasteiger partial charge in [-0.05, 0) is 38.0 Å². The van der Waals surface area contributed by atoms with Gasteiger partial charge in [-0.2, -0.15) is 0 Å². The fourth-order valence-electron chi connectivity index (χ4n) is 2.67. The molecule has 5 nitrogen and oxygen atoms in total. The summed E-state index contributed by atoms with van der Waals surface area (Å²) in [6.45, 7) is 9.52. The number of anilines is 1. The normalized spacial score (nSPS) is 18.9. The summed E-state index contributed by atoms with van der Waals surface area (Å²) in [5.74, 6) is 1.10. The fourth-order valence-corrected chi connectivity index (χ4v) is 2.67. The van der Waals surface area contributed by atoms with Crippen LogP contribution in [-0.2, 0) is 11.3 Å². The first-order valence-corrected chi connectivity index (χ1v) is 7.64. The molecule has 1 aromatic rings. The summed E-state index contributed by atoms with van der Waals surface area (Å²) in [4.78, 5) is 20.7. The maximum absolute atomic E-state index is 12.3. The number of pyridine rings is 1. The lowest BCUT2D eigenvalue weighted by atomic mass is 9.97. The molecule has 0 aliphatic carbocycles. The highest BCUT2D eigenvalue weighted by molar-refractivity contribution is 5.86. The molecular formula is C16H26N4O. The summed E-state index contributed by atoms with van der Waals surface area (Å²) in [7, 11) is 1.88. The van der Waals surface area contributed by atoms with Gasteiger partial charge in [0.15, 0.2) is 0 Å². The van der Waals surface area contributed by atoms with E-state index in [-0.39, 0.29) is 5.91 Å². The van der Waals surface area contributed by atoms with Gasteiger partial charge in [0, 0.05) is 39.4 Å². The van der Waals surface area contributed by atoms with Crippen molar-refractivity contribution in [2.75, 3.05) is 32.0 Å². The predicted molar refractivity (Wildman–Crippen MR) is 85.1 cm³/mol. The van der Waals surface area contributed by atoms with Crippen LogP contribution < -0.4 is 5.32 Å². The molecule has 1 amide bonds. The monoisotopic (exact) mass is 290 g/mol. The number of piperazine rings is 1. The molecule has 1 aliphatic heterocycles. The van der Waals surface area contributed by atoms with Crippen molar-refractivity contribution in [3.05, 3.63) is 23.9 Å². The minimum atomic E-state index is -0.451. The molecule has 0 spiro atoms. The number of amides is 1. The maximum Gasteiger partial charge on any atom is 0.242 e. The molecule has 0 unspecified atom stereocenters. The van der Waals surface area contributed by atoms with Gasteiger partial charge in [-0.25, -0.2) is 4.98 Å². The molecule has 2 rings (SSSR count). The lowest BCUT2D eigenvalue weighted by Gasteiger charge is -2.44. The van der Waals surface area contributed by atoms with E-state index in [2.05, 4.69) is 28.2 Å². The zero-order chi connectivity index (χ0) is 15.5. The van der Waals surface area contributed by atoms with Crippen molar-refractivity contribution < 1.29 is 4.79 Å². The summed E-state index contributed by atoms with van der Waals surface area (Å²) in [6.07, 6.45) is 2.91. The quantitative estimate of drug-likeness (QED) is 0.900. The fraction of sp³-hybridized carbons (Fsp3) is 0.625. The second-order valence-corrected chi connectivity index (χ2v) is 6.18. The molecule has 1 aromatic heterocycles. The Morgan fingerprint density at radius 3 is 2.86 bits per heavy atom. The Morgan fingerprint density at radius 2 is 2.14 bits per heavy atom. The van der Waals surface area contributed by atoms with Gasteiger partial charge in [0.25, 0.3) is 0 Å². The van der Waals surface area contributed by atoms with Gasteiger partial charge < -0.3 is 10.2 Å². The highest BCUT2D eigenvalue weighted by Crippen LogP contribution is 2.24. The Labute approximate surface area is 127 Å². The van der Waals surface area contributed by atoms with E-state index >= 15 is 0 Å². The summed E-state index contributed by atoms with van der Waals surface area (Å²) in [5.41, 5.74) is 0.738. The highest BCUT2D eigenvalue weighted by Gasteiger charge is 2.40. The maximum atomic E-state index is 12.3. The van der Waals surface area contributed by atoms with Crippen molar-refractivity contribution in [2.24, 2.45) is 0 Å². The van der Waals surface area contributed by atoms with Crippen molar-refractivity contribution in [3.8, 4) is 0 Å². The predicted octanol–water partition coefficient (Wildman–Crippen LogP) is 1.96. The van der Waals surface area contributed by atoms with E-state index in [9.17, 15) is 4.79 Å². The third-order valence-electron chi connectivity index (χ3n) is 4.12. The lowest BCUT2D eigenvalue weighted by Crippen LogP contribution is -2.61. The standard InChI is InChI=1S/C16H26N4O/c1-5-7-17-14-11-13(6-8-18-14)12-20-10-9-19(4)15(21)16(20,2)3/h6,8,11H,5,7,9-10,12H2,1-4H3,(H,17,18). The van der Waals surface area contributed by atoms with Gasteiger partial charge in [-0.15, -0.1) is 0 Å². The number of carbonyl (C=O) groups excluding carboxylic acids is 1. The summed E-state index contributed by atoms with van der Waals surface area (Å²) >= 11 is 0. The highest BCUT2D eigenvalue weighted by atomic mass is 16.2. The number of hydrogen-bond donors (Lipinski definition) is 1. The number of likely N-dealkylation sites (N-methyl/N-ethyl adjacent to an activating group) is 1. The van der Waals surface area contributed by atoms with Crippen LogP contribution in [0.15, 0.2) is 18.3 Å². The van der Waals surface area contributed by atoms with E-state index in [1.807, 2.05) is 38.1 Å². The molecule has 21 heavy (non-hydrogen) atoms. The van der Waals surface area contributed by atoms with Crippen LogP contribution >= 0.6 is 0 Å². The number of nitrogens with zero attached hydrogens (tertiary/aromatic N) is 3. The van der Waals surface area contributed by atoms with Crippen LogP contribution in [0.5, 0.6) is 0 Å². The number of nitrogens with one attached hydrogen (secondary N) is 1. The van der Waals surface area contributed by atoms with Gasteiger partial charge in [-0.1, -0.05) is 6.92 Å². The summed E-state index contributed by atoms with van der Waals surface area (Å²) in [5, 5.41) is 3.30. The minimum Gasteiger partial charge on any atom is -0.370 e. The summed E-state index contributed by atoms with van der Waals surface area (Å²) < 4.78 is 0. The smallest absolute Gasteiger partial charge is 0.242 e. The third-order valence-corrected chi connectivity index (χ3v) is 4.12. The lowest BCUT2D eigenvalue weighted by molar-refractivity contribution is -0.147. The van der Waals surface area contributed by atoms with Crippen molar-refractivity contribution in [1.29, 1.82) is 0 Å². The Hall–Kier alpha value is -1.62. The topological polar surface area (TPSA) is 48.5 Å². The average Bonchev–Trinajstić information content (AvgIpc) is 2.47. The minimum absolute atomic E-state index is 0.187. The van der Waals surface area contributed by atoms with E-state index in [1.165, 1.54) is 5.56 Å². The van der Waals surface area contributed by atoms with E-state index < -0.39 is 5.54 Å². The van der Waals surface area contributed by atoms with Crippen LogP contribution in [0.2, 0.25) is 0 Å². The van der Waals surface area contributed by atoms with E-state index in [0.717, 1.165) is 38.4 Å². The summed E-state index contributed by atoms with van der Waals surface area (Å²) in [6, 6.07) is 4.10. The molecule has 0 radical (unpaired) electrons. The number of carbonyl (C=O) groups is 1. The second-order valence-electron chi connectivity index (χ2n) is 6.18. The Morgan fingerprint density at radius 1 is 1.38 bits per heavy atom. The number of hydrogen-bond acceptors (Lipinski definition) is 4. The van der Waals surface area contributed by atoms with Gasteiger partial charge >= 0.3 is 0 Å². The van der Waals surface area contributed by atoms with E-state index in [4.69, 9.17) is 0 Å². The molecule has 1 saturated heterocycles. The molecule has 1 aliphatic rings. The van der Waals surface area contributed by atoms with E-state index in [1.54, 1.807) is 0 Å². The number of aromatic nitrogens is 1. The average molecular weight is 290 g/mol. The number of rotatable bonds is 5. The third kappa shape index (κ3) is 3.53. The molecular weight excluding hydrogens is 264 g/mol. The molecule has 5 heteroatoms. The first kappa shape index (κ1) is 15.8. The SMILES string of the molecule is CCCNc1cc(CN2CCN(C)C(=O)C2(C)C)ccn1.